The highest BCUT2D eigenvalue weighted by Crippen LogP contribution is 2.36. The van der Waals surface area contributed by atoms with E-state index in [1.807, 2.05) is 59.5 Å². The molecule has 1 saturated heterocycles. The van der Waals surface area contributed by atoms with Crippen LogP contribution in [0.2, 0.25) is 0 Å². The number of hydrogen-bond acceptors (Lipinski definition) is 6. The van der Waals surface area contributed by atoms with Crippen LogP contribution in [0.5, 0.6) is 5.75 Å². The minimum absolute atomic E-state index is 0.111. The largest absolute Gasteiger partial charge is 0.496 e. The number of carbonyl (C=O) groups is 2. The van der Waals surface area contributed by atoms with Gasteiger partial charge >= 0.3 is 0 Å². The van der Waals surface area contributed by atoms with Gasteiger partial charge in [-0.2, -0.15) is 0 Å². The number of rotatable bonds is 8. The van der Waals surface area contributed by atoms with Crippen molar-refractivity contribution in [2.45, 2.75) is 6.42 Å². The number of para-hydroxylation sites is 1. The van der Waals surface area contributed by atoms with Crippen LogP contribution in [-0.4, -0.2) is 84.6 Å². The molecule has 0 radical (unpaired) electrons. The summed E-state index contributed by atoms with van der Waals surface area (Å²) < 4.78 is 5.52. The first kappa shape index (κ1) is 22.0. The highest BCUT2D eigenvalue weighted by molar-refractivity contribution is 6.36. The van der Waals surface area contributed by atoms with Crippen LogP contribution in [-0.2, 0) is 16.0 Å². The van der Waals surface area contributed by atoms with Crippen LogP contribution < -0.4 is 4.74 Å². The highest BCUT2D eigenvalue weighted by atomic mass is 16.5. The number of methoxy groups -OCH3 is 1. The molecule has 2 heterocycles. The number of benzene rings is 2. The lowest BCUT2D eigenvalue weighted by Gasteiger charge is -2.36. The molecular weight excluding hydrogens is 406 g/mol. The fraction of sp³-hybridized carbons (Fsp3) is 0.360. The molecule has 4 rings (SSSR count). The zero-order valence-corrected chi connectivity index (χ0v) is 18.4. The van der Waals surface area contributed by atoms with Gasteiger partial charge in [0.05, 0.1) is 19.3 Å². The third-order valence-corrected chi connectivity index (χ3v) is 6.09. The summed E-state index contributed by atoms with van der Waals surface area (Å²) in [5.74, 6) is 0.0515. The van der Waals surface area contributed by atoms with Crippen LogP contribution >= 0.6 is 0 Å². The quantitative estimate of drug-likeness (QED) is 0.636. The number of aliphatic hydroxyl groups excluding tert-OH is 1. The van der Waals surface area contributed by atoms with Crippen molar-refractivity contribution >= 4 is 17.4 Å². The fourth-order valence-corrected chi connectivity index (χ4v) is 4.38. The van der Waals surface area contributed by atoms with E-state index in [-0.39, 0.29) is 18.4 Å². The lowest BCUT2D eigenvalue weighted by Crippen LogP contribution is -2.48. The molecule has 0 spiro atoms. The van der Waals surface area contributed by atoms with E-state index in [0.717, 1.165) is 18.7 Å². The summed E-state index contributed by atoms with van der Waals surface area (Å²) in [5.41, 5.74) is 2.59. The minimum atomic E-state index is -0.275. The first-order valence-electron chi connectivity index (χ1n) is 11.0. The van der Waals surface area contributed by atoms with Gasteiger partial charge in [0.1, 0.15) is 11.4 Å². The molecule has 0 aromatic heterocycles. The Balaban J connectivity index is 1.65. The normalized spacial score (nSPS) is 17.4. The van der Waals surface area contributed by atoms with E-state index in [1.165, 1.54) is 4.90 Å². The topological polar surface area (TPSA) is 73.3 Å². The Labute approximate surface area is 188 Å². The third-order valence-electron chi connectivity index (χ3n) is 6.09. The monoisotopic (exact) mass is 435 g/mol. The van der Waals surface area contributed by atoms with E-state index in [2.05, 4.69) is 4.90 Å². The molecule has 0 atom stereocenters. The van der Waals surface area contributed by atoms with Gasteiger partial charge in [0.2, 0.25) is 0 Å². The van der Waals surface area contributed by atoms with Crippen molar-refractivity contribution in [2.75, 3.05) is 53.0 Å². The second-order valence-electron chi connectivity index (χ2n) is 7.97. The van der Waals surface area contributed by atoms with E-state index in [9.17, 15) is 14.7 Å². The van der Waals surface area contributed by atoms with Crippen molar-refractivity contribution in [1.29, 1.82) is 0 Å². The maximum Gasteiger partial charge on any atom is 0.277 e. The van der Waals surface area contributed by atoms with Gasteiger partial charge < -0.3 is 14.7 Å². The van der Waals surface area contributed by atoms with Crippen molar-refractivity contribution in [2.24, 2.45) is 0 Å². The van der Waals surface area contributed by atoms with E-state index >= 15 is 0 Å². The predicted molar refractivity (Wildman–Crippen MR) is 122 cm³/mol. The molecular formula is C25H29N3O4. The van der Waals surface area contributed by atoms with Gasteiger partial charge in [-0.05, 0) is 18.1 Å². The molecule has 2 aromatic carbocycles. The number of hydrogen-bond donors (Lipinski definition) is 1. The standard InChI is InChI=1S/C25H29N3O4/c1-32-21-10-6-5-9-20(21)22-23(27-15-13-26(14-16-27)17-18-29)25(31)28(24(22)30)12-11-19-7-3-2-4-8-19/h2-10,29H,11-18H2,1H3. The number of ether oxygens (including phenoxy) is 1. The number of amides is 2. The van der Waals surface area contributed by atoms with Crippen LogP contribution in [0.3, 0.4) is 0 Å². The summed E-state index contributed by atoms with van der Waals surface area (Å²) in [6.45, 7) is 3.76. The van der Waals surface area contributed by atoms with Crippen molar-refractivity contribution in [3.8, 4) is 5.75 Å². The Morgan fingerprint density at radius 1 is 0.875 bits per heavy atom. The van der Waals surface area contributed by atoms with Crippen molar-refractivity contribution < 1.29 is 19.4 Å². The van der Waals surface area contributed by atoms with E-state index in [1.54, 1.807) is 7.11 Å². The number of nitrogens with zero attached hydrogens (tertiary/aromatic N) is 3. The van der Waals surface area contributed by atoms with Crippen LogP contribution in [0.4, 0.5) is 0 Å². The minimum Gasteiger partial charge on any atom is -0.496 e. The summed E-state index contributed by atoms with van der Waals surface area (Å²) >= 11 is 0. The van der Waals surface area contributed by atoms with Gasteiger partial charge in [0, 0.05) is 44.8 Å². The summed E-state index contributed by atoms with van der Waals surface area (Å²) in [5, 5.41) is 9.22. The lowest BCUT2D eigenvalue weighted by atomic mass is 10.0. The zero-order valence-electron chi connectivity index (χ0n) is 18.4. The Morgan fingerprint density at radius 2 is 1.56 bits per heavy atom. The fourth-order valence-electron chi connectivity index (χ4n) is 4.38. The number of imide groups is 1. The van der Waals surface area contributed by atoms with Gasteiger partial charge in [-0.25, -0.2) is 0 Å². The predicted octanol–water partition coefficient (Wildman–Crippen LogP) is 1.63. The molecule has 0 unspecified atom stereocenters. The van der Waals surface area contributed by atoms with Crippen molar-refractivity contribution in [3.63, 3.8) is 0 Å². The third kappa shape index (κ3) is 4.40. The van der Waals surface area contributed by atoms with Crippen LogP contribution in [0, 0.1) is 0 Å². The summed E-state index contributed by atoms with van der Waals surface area (Å²) in [7, 11) is 1.57. The van der Waals surface area contributed by atoms with E-state index < -0.39 is 0 Å². The summed E-state index contributed by atoms with van der Waals surface area (Å²) in [4.78, 5) is 32.6. The Morgan fingerprint density at radius 3 is 2.25 bits per heavy atom. The molecule has 7 heteroatoms. The first-order chi connectivity index (χ1) is 15.6. The molecule has 2 amide bonds. The van der Waals surface area contributed by atoms with Crippen LogP contribution in [0.1, 0.15) is 11.1 Å². The molecule has 1 fully saturated rings. The number of β-amino-alcohol motifs (C(OH)–C–C–N with tert-alkyl or cyclic N) is 1. The molecule has 32 heavy (non-hydrogen) atoms. The average molecular weight is 436 g/mol. The van der Waals surface area contributed by atoms with Gasteiger partial charge in [-0.3, -0.25) is 19.4 Å². The number of carbonyl (C=O) groups excluding carboxylic acids is 2. The van der Waals surface area contributed by atoms with Crippen LogP contribution in [0.25, 0.3) is 5.57 Å². The Kier molecular flexibility index (Phi) is 6.87. The highest BCUT2D eigenvalue weighted by Gasteiger charge is 2.42. The molecule has 2 aliphatic heterocycles. The average Bonchev–Trinajstić information content (AvgIpc) is 3.08. The van der Waals surface area contributed by atoms with Gasteiger partial charge in [-0.1, -0.05) is 48.5 Å². The van der Waals surface area contributed by atoms with Gasteiger partial charge in [-0.15, -0.1) is 0 Å². The number of aliphatic hydroxyl groups is 1. The molecule has 0 saturated carbocycles. The molecule has 2 aromatic rings. The van der Waals surface area contributed by atoms with E-state index in [0.29, 0.717) is 55.2 Å². The first-order valence-corrected chi connectivity index (χ1v) is 11.0. The number of piperazine rings is 1. The second kappa shape index (κ2) is 9.97. The molecule has 168 valence electrons. The second-order valence-corrected chi connectivity index (χ2v) is 7.97. The zero-order chi connectivity index (χ0) is 22.5. The molecule has 0 bridgehead atoms. The smallest absolute Gasteiger partial charge is 0.277 e. The maximum atomic E-state index is 13.5. The maximum absolute atomic E-state index is 13.5. The molecule has 2 aliphatic rings. The summed E-state index contributed by atoms with van der Waals surface area (Å²) in [6, 6.07) is 17.2. The summed E-state index contributed by atoms with van der Waals surface area (Å²) in [6.07, 6.45) is 0.606. The van der Waals surface area contributed by atoms with Crippen LogP contribution in [0.15, 0.2) is 60.3 Å². The van der Waals surface area contributed by atoms with E-state index in [4.69, 9.17) is 4.74 Å². The van der Waals surface area contributed by atoms with Crippen molar-refractivity contribution in [1.82, 2.24) is 14.7 Å². The Bertz CT molecular complexity index is 997. The lowest BCUT2D eigenvalue weighted by molar-refractivity contribution is -0.137. The molecule has 1 N–H and O–H groups in total. The SMILES string of the molecule is COc1ccccc1C1=C(N2CCN(CCO)CC2)C(=O)N(CCc2ccccc2)C1=O. The Hall–Kier alpha value is -3.16. The van der Waals surface area contributed by atoms with Gasteiger partial charge in [0.15, 0.2) is 0 Å². The van der Waals surface area contributed by atoms with Crippen molar-refractivity contribution in [3.05, 3.63) is 71.4 Å². The molecule has 7 nitrogen and oxygen atoms in total. The molecule has 0 aliphatic carbocycles. The van der Waals surface area contributed by atoms with Gasteiger partial charge in [0.25, 0.3) is 11.8 Å².